The van der Waals surface area contributed by atoms with Crippen LogP contribution in [-0.4, -0.2) is 6.29 Å². The van der Waals surface area contributed by atoms with Crippen molar-refractivity contribution in [3.63, 3.8) is 0 Å². The normalized spacial score (nSPS) is 10.0. The second kappa shape index (κ2) is 4.74. The van der Waals surface area contributed by atoms with E-state index in [1.54, 1.807) is 0 Å². The van der Waals surface area contributed by atoms with Gasteiger partial charge in [-0.3, -0.25) is 4.79 Å². The summed E-state index contributed by atoms with van der Waals surface area (Å²) in [5, 5.41) is 0. The molecule has 0 N–H and O–H groups in total. The second-order valence-electron chi connectivity index (χ2n) is 3.34. The van der Waals surface area contributed by atoms with Crippen molar-refractivity contribution in [3.8, 4) is 11.5 Å². The van der Waals surface area contributed by atoms with Crippen LogP contribution in [0.15, 0.2) is 42.5 Å². The molecule has 0 spiro atoms. The first-order chi connectivity index (χ1) is 8.20. The van der Waals surface area contributed by atoms with Crippen LogP contribution in [-0.2, 0) is 0 Å². The number of hydrogen-bond acceptors (Lipinski definition) is 2. The number of hydrogen-bond donors (Lipinski definition) is 0. The Morgan fingerprint density at radius 3 is 2.53 bits per heavy atom. The molecule has 0 saturated heterocycles. The van der Waals surface area contributed by atoms with Gasteiger partial charge in [0.05, 0.1) is 5.56 Å². The maximum atomic E-state index is 13.4. The fourth-order valence-electron chi connectivity index (χ4n) is 1.37. The Balaban J connectivity index is 2.39. The van der Waals surface area contributed by atoms with Crippen molar-refractivity contribution in [2.45, 2.75) is 0 Å². The molecule has 0 unspecified atom stereocenters. The van der Waals surface area contributed by atoms with Gasteiger partial charge in [0.1, 0.15) is 11.6 Å². The number of ether oxygens (including phenoxy) is 1. The molecule has 0 heterocycles. The quantitative estimate of drug-likeness (QED) is 0.759. The van der Waals surface area contributed by atoms with E-state index < -0.39 is 11.6 Å². The van der Waals surface area contributed by atoms with Crippen LogP contribution in [0, 0.1) is 11.6 Å². The monoisotopic (exact) mass is 234 g/mol. The molecule has 0 saturated carbocycles. The molecule has 0 atom stereocenters. The van der Waals surface area contributed by atoms with Gasteiger partial charge in [0, 0.05) is 6.07 Å². The minimum absolute atomic E-state index is 0.0780. The Morgan fingerprint density at radius 2 is 1.82 bits per heavy atom. The molecular formula is C13H8F2O2. The summed E-state index contributed by atoms with van der Waals surface area (Å²) in [6.45, 7) is 0. The van der Waals surface area contributed by atoms with E-state index in [-0.39, 0.29) is 17.1 Å². The molecule has 2 aromatic rings. The number of aldehydes is 1. The molecule has 4 heteroatoms. The topological polar surface area (TPSA) is 26.3 Å². The summed E-state index contributed by atoms with van der Waals surface area (Å²) in [5.74, 6) is -1.23. The maximum Gasteiger partial charge on any atom is 0.173 e. The number of para-hydroxylation sites is 1. The predicted octanol–water partition coefficient (Wildman–Crippen LogP) is 3.57. The highest BCUT2D eigenvalue weighted by atomic mass is 19.1. The molecule has 0 radical (unpaired) electrons. The summed E-state index contributed by atoms with van der Waals surface area (Å²) >= 11 is 0. The summed E-state index contributed by atoms with van der Waals surface area (Å²) in [6, 6.07) is 9.26. The standard InChI is InChI=1S/C13H8F2O2/c14-10-4-2-5-11(7-10)17-13-9(8-16)3-1-6-12(13)15/h1-8H. The van der Waals surface area contributed by atoms with Crippen molar-refractivity contribution in [1.82, 2.24) is 0 Å². The first-order valence-corrected chi connectivity index (χ1v) is 4.88. The van der Waals surface area contributed by atoms with Crippen LogP contribution in [0.1, 0.15) is 10.4 Å². The summed E-state index contributed by atoms with van der Waals surface area (Å²) in [6.07, 6.45) is 0.484. The molecule has 0 amide bonds. The van der Waals surface area contributed by atoms with E-state index in [0.29, 0.717) is 6.29 Å². The molecule has 0 aromatic heterocycles. The Bertz CT molecular complexity index is 553. The third-order valence-electron chi connectivity index (χ3n) is 2.14. The van der Waals surface area contributed by atoms with Crippen molar-refractivity contribution in [1.29, 1.82) is 0 Å². The van der Waals surface area contributed by atoms with Gasteiger partial charge in [-0.25, -0.2) is 8.78 Å². The lowest BCUT2D eigenvalue weighted by molar-refractivity contribution is 0.112. The van der Waals surface area contributed by atoms with E-state index in [0.717, 1.165) is 6.07 Å². The lowest BCUT2D eigenvalue weighted by Crippen LogP contribution is -1.94. The third-order valence-corrected chi connectivity index (χ3v) is 2.14. The average molecular weight is 234 g/mol. The van der Waals surface area contributed by atoms with E-state index in [4.69, 9.17) is 4.74 Å². The highest BCUT2D eigenvalue weighted by Gasteiger charge is 2.10. The van der Waals surface area contributed by atoms with Crippen LogP contribution < -0.4 is 4.74 Å². The van der Waals surface area contributed by atoms with Crippen molar-refractivity contribution in [2.75, 3.05) is 0 Å². The van der Waals surface area contributed by atoms with Crippen LogP contribution >= 0.6 is 0 Å². The number of carbonyl (C=O) groups excluding carboxylic acids is 1. The SMILES string of the molecule is O=Cc1cccc(F)c1Oc1cccc(F)c1. The molecule has 2 aromatic carbocycles. The number of halogens is 2. The largest absolute Gasteiger partial charge is 0.453 e. The van der Waals surface area contributed by atoms with Crippen molar-refractivity contribution in [2.24, 2.45) is 0 Å². The Morgan fingerprint density at radius 1 is 1.06 bits per heavy atom. The van der Waals surface area contributed by atoms with Gasteiger partial charge in [-0.1, -0.05) is 12.1 Å². The average Bonchev–Trinajstić information content (AvgIpc) is 2.32. The smallest absolute Gasteiger partial charge is 0.173 e. The highest BCUT2D eigenvalue weighted by Crippen LogP contribution is 2.27. The number of benzene rings is 2. The molecule has 0 aliphatic heterocycles. The summed E-state index contributed by atoms with van der Waals surface area (Å²) in [7, 11) is 0. The van der Waals surface area contributed by atoms with E-state index in [9.17, 15) is 13.6 Å². The summed E-state index contributed by atoms with van der Waals surface area (Å²) < 4.78 is 31.5. The molecule has 0 aliphatic carbocycles. The van der Waals surface area contributed by atoms with Crippen LogP contribution in [0.4, 0.5) is 8.78 Å². The van der Waals surface area contributed by atoms with Gasteiger partial charge in [-0.2, -0.15) is 0 Å². The maximum absolute atomic E-state index is 13.4. The number of carbonyl (C=O) groups is 1. The molecule has 86 valence electrons. The van der Waals surface area contributed by atoms with E-state index >= 15 is 0 Å². The lowest BCUT2D eigenvalue weighted by atomic mass is 10.2. The van der Waals surface area contributed by atoms with Crippen LogP contribution in [0.2, 0.25) is 0 Å². The zero-order chi connectivity index (χ0) is 12.3. The van der Waals surface area contributed by atoms with Crippen molar-refractivity contribution < 1.29 is 18.3 Å². The van der Waals surface area contributed by atoms with Gasteiger partial charge in [0.15, 0.2) is 17.9 Å². The van der Waals surface area contributed by atoms with Crippen LogP contribution in [0.25, 0.3) is 0 Å². The van der Waals surface area contributed by atoms with Crippen molar-refractivity contribution >= 4 is 6.29 Å². The van der Waals surface area contributed by atoms with Gasteiger partial charge in [-0.15, -0.1) is 0 Å². The molecule has 2 nitrogen and oxygen atoms in total. The second-order valence-corrected chi connectivity index (χ2v) is 3.34. The zero-order valence-corrected chi connectivity index (χ0v) is 8.69. The highest BCUT2D eigenvalue weighted by molar-refractivity contribution is 5.79. The van der Waals surface area contributed by atoms with Crippen LogP contribution in [0.3, 0.4) is 0 Å². The van der Waals surface area contributed by atoms with Crippen molar-refractivity contribution in [3.05, 3.63) is 59.7 Å². The molecule has 2 rings (SSSR count). The predicted molar refractivity (Wildman–Crippen MR) is 58.3 cm³/mol. The van der Waals surface area contributed by atoms with E-state index in [1.165, 1.54) is 36.4 Å². The van der Waals surface area contributed by atoms with Crippen LogP contribution in [0.5, 0.6) is 11.5 Å². The zero-order valence-electron chi connectivity index (χ0n) is 8.69. The van der Waals surface area contributed by atoms with Gasteiger partial charge in [-0.05, 0) is 24.3 Å². The number of rotatable bonds is 3. The van der Waals surface area contributed by atoms with Gasteiger partial charge in [0.25, 0.3) is 0 Å². The fourth-order valence-corrected chi connectivity index (χ4v) is 1.37. The van der Waals surface area contributed by atoms with Gasteiger partial charge >= 0.3 is 0 Å². The van der Waals surface area contributed by atoms with E-state index in [1.807, 2.05) is 0 Å². The Hall–Kier alpha value is -2.23. The molecule has 17 heavy (non-hydrogen) atoms. The first-order valence-electron chi connectivity index (χ1n) is 4.88. The molecule has 0 fully saturated rings. The molecule has 0 bridgehead atoms. The molecular weight excluding hydrogens is 226 g/mol. The summed E-state index contributed by atoms with van der Waals surface area (Å²) in [5.41, 5.74) is 0.0780. The fraction of sp³-hybridized carbons (Fsp3) is 0. The summed E-state index contributed by atoms with van der Waals surface area (Å²) in [4.78, 5) is 10.7. The minimum atomic E-state index is -0.668. The van der Waals surface area contributed by atoms with Gasteiger partial charge in [0.2, 0.25) is 0 Å². The minimum Gasteiger partial charge on any atom is -0.453 e. The third kappa shape index (κ3) is 2.47. The lowest BCUT2D eigenvalue weighted by Gasteiger charge is -2.08. The Labute approximate surface area is 96.5 Å². The Kier molecular flexibility index (Phi) is 3.14. The van der Waals surface area contributed by atoms with Gasteiger partial charge < -0.3 is 4.74 Å². The first kappa shape index (κ1) is 11.3. The molecule has 0 aliphatic rings. The van der Waals surface area contributed by atoms with E-state index in [2.05, 4.69) is 0 Å².